The largest absolute Gasteiger partial charge is 0.351 e. The molecular formula is C25H48N3O+. The molecule has 1 rings (SSSR count). The van der Waals surface area contributed by atoms with Crippen molar-refractivity contribution in [3.63, 3.8) is 0 Å². The van der Waals surface area contributed by atoms with Gasteiger partial charge >= 0.3 is 0 Å². The molecular weight excluding hydrogens is 358 g/mol. The number of hydrogen-bond donors (Lipinski definition) is 1. The van der Waals surface area contributed by atoms with Crippen molar-refractivity contribution in [2.75, 3.05) is 32.7 Å². The first kappa shape index (κ1) is 25.9. The first-order valence-corrected chi connectivity index (χ1v) is 12.4. The number of carbonyl (C=O) groups is 1. The lowest BCUT2D eigenvalue weighted by molar-refractivity contribution is -0.833. The third-order valence-electron chi connectivity index (χ3n) is 6.31. The van der Waals surface area contributed by atoms with Crippen molar-refractivity contribution < 1.29 is 9.28 Å². The van der Waals surface area contributed by atoms with Crippen molar-refractivity contribution in [3.05, 3.63) is 12.2 Å². The Balaban J connectivity index is 2.02. The second-order valence-electron chi connectivity index (χ2n) is 8.64. The SMILES string of the molecule is CC/C=C/CCCCCCCCCCCCC1=NCC[N+]1(CC)CCNC(C)=O. The smallest absolute Gasteiger partial charge is 0.217 e. The molecule has 0 aromatic carbocycles. The molecule has 0 saturated carbocycles. The van der Waals surface area contributed by atoms with E-state index in [0.717, 1.165) is 43.6 Å². The molecule has 1 amide bonds. The van der Waals surface area contributed by atoms with E-state index < -0.39 is 0 Å². The van der Waals surface area contributed by atoms with Crippen LogP contribution in [0.5, 0.6) is 0 Å². The molecule has 1 unspecified atom stereocenters. The van der Waals surface area contributed by atoms with Crippen LogP contribution < -0.4 is 5.32 Å². The fraction of sp³-hybridized carbons (Fsp3) is 0.840. The Hall–Kier alpha value is -1.16. The highest BCUT2D eigenvalue weighted by molar-refractivity contribution is 5.77. The number of aliphatic imine (C=N–C) groups is 1. The van der Waals surface area contributed by atoms with Crippen molar-refractivity contribution in [1.82, 2.24) is 5.32 Å². The fourth-order valence-corrected chi connectivity index (χ4v) is 4.40. The van der Waals surface area contributed by atoms with Crippen LogP contribution in [0.15, 0.2) is 17.1 Å². The molecule has 0 aliphatic carbocycles. The van der Waals surface area contributed by atoms with Gasteiger partial charge in [-0.1, -0.05) is 70.4 Å². The van der Waals surface area contributed by atoms with Gasteiger partial charge in [0.25, 0.3) is 0 Å². The molecule has 4 heteroatoms. The van der Waals surface area contributed by atoms with Gasteiger partial charge in [0.05, 0.1) is 19.6 Å². The van der Waals surface area contributed by atoms with Gasteiger partial charge in [-0.3, -0.25) is 9.28 Å². The van der Waals surface area contributed by atoms with Gasteiger partial charge in [-0.15, -0.1) is 0 Å². The third-order valence-corrected chi connectivity index (χ3v) is 6.31. The highest BCUT2D eigenvalue weighted by Crippen LogP contribution is 2.20. The molecule has 29 heavy (non-hydrogen) atoms. The van der Waals surface area contributed by atoms with Gasteiger partial charge in [0.15, 0.2) is 5.84 Å². The summed E-state index contributed by atoms with van der Waals surface area (Å²) in [6.45, 7) is 11.0. The molecule has 168 valence electrons. The van der Waals surface area contributed by atoms with Crippen molar-refractivity contribution in [2.24, 2.45) is 4.99 Å². The molecule has 0 aromatic heterocycles. The quantitative estimate of drug-likeness (QED) is 0.169. The number of nitrogens with zero attached hydrogens (tertiary/aromatic N) is 2. The van der Waals surface area contributed by atoms with Crippen LogP contribution >= 0.6 is 0 Å². The Morgan fingerprint density at radius 2 is 1.59 bits per heavy atom. The Morgan fingerprint density at radius 1 is 0.966 bits per heavy atom. The number of quaternary nitrogens is 1. The van der Waals surface area contributed by atoms with Crippen LogP contribution in [0.25, 0.3) is 0 Å². The maximum atomic E-state index is 11.2. The van der Waals surface area contributed by atoms with Crippen LogP contribution in [0.1, 0.15) is 104 Å². The Bertz CT molecular complexity index is 486. The summed E-state index contributed by atoms with van der Waals surface area (Å²) in [5.41, 5.74) is 0. The maximum absolute atomic E-state index is 11.2. The summed E-state index contributed by atoms with van der Waals surface area (Å²) in [5.74, 6) is 1.45. The number of likely N-dealkylation sites (N-methyl/N-ethyl adjacent to an activating group) is 1. The number of hydrogen-bond acceptors (Lipinski definition) is 2. The van der Waals surface area contributed by atoms with E-state index in [4.69, 9.17) is 4.99 Å². The van der Waals surface area contributed by atoms with E-state index in [-0.39, 0.29) is 5.91 Å². The molecule has 1 atom stereocenters. The molecule has 0 spiro atoms. The predicted molar refractivity (Wildman–Crippen MR) is 126 cm³/mol. The highest BCUT2D eigenvalue weighted by Gasteiger charge is 2.35. The summed E-state index contributed by atoms with van der Waals surface area (Å²) < 4.78 is 0.995. The number of amides is 1. The van der Waals surface area contributed by atoms with E-state index in [1.807, 2.05) is 0 Å². The topological polar surface area (TPSA) is 41.5 Å². The van der Waals surface area contributed by atoms with Gasteiger partial charge < -0.3 is 5.32 Å². The van der Waals surface area contributed by atoms with E-state index in [2.05, 4.69) is 31.3 Å². The minimum absolute atomic E-state index is 0.0704. The van der Waals surface area contributed by atoms with E-state index >= 15 is 0 Å². The monoisotopic (exact) mass is 406 g/mol. The highest BCUT2D eigenvalue weighted by atomic mass is 16.1. The molecule has 0 fully saturated rings. The number of amidine groups is 1. The van der Waals surface area contributed by atoms with Gasteiger partial charge in [0, 0.05) is 13.3 Å². The lowest BCUT2D eigenvalue weighted by Gasteiger charge is -2.33. The van der Waals surface area contributed by atoms with E-state index in [9.17, 15) is 4.79 Å². The minimum atomic E-state index is 0.0704. The van der Waals surface area contributed by atoms with Crippen LogP contribution in [-0.2, 0) is 4.79 Å². The maximum Gasteiger partial charge on any atom is 0.217 e. The zero-order valence-corrected chi connectivity index (χ0v) is 19.7. The summed E-state index contributed by atoms with van der Waals surface area (Å²) in [6, 6.07) is 0. The zero-order valence-electron chi connectivity index (χ0n) is 19.7. The molecule has 0 aromatic rings. The summed E-state index contributed by atoms with van der Waals surface area (Å²) in [6.07, 6.45) is 22.0. The Kier molecular flexibility index (Phi) is 14.8. The van der Waals surface area contributed by atoms with E-state index in [1.54, 1.807) is 6.92 Å². The standard InChI is InChI=1S/C25H47N3O/c1-4-6-7-8-9-10-11-12-13-14-15-16-17-18-19-25-27-21-23-28(25,5-2)22-20-26-24(3)29/h6-7H,4-5,8-23H2,1-3H3/p+1/b7-6+. The van der Waals surface area contributed by atoms with Crippen LogP contribution in [0.3, 0.4) is 0 Å². The van der Waals surface area contributed by atoms with Crippen LogP contribution in [0.2, 0.25) is 0 Å². The van der Waals surface area contributed by atoms with Crippen LogP contribution in [0, 0.1) is 0 Å². The van der Waals surface area contributed by atoms with Gasteiger partial charge in [-0.2, -0.15) is 0 Å². The number of unbranched alkanes of at least 4 members (excludes halogenated alkanes) is 10. The molecule has 1 aliphatic rings. The molecule has 1 N–H and O–H groups in total. The summed E-state index contributed by atoms with van der Waals surface area (Å²) in [7, 11) is 0. The number of nitrogens with one attached hydrogen (secondary N) is 1. The fourth-order valence-electron chi connectivity index (χ4n) is 4.40. The molecule has 1 aliphatic heterocycles. The van der Waals surface area contributed by atoms with Gasteiger partial charge in [0.1, 0.15) is 13.1 Å². The van der Waals surface area contributed by atoms with Gasteiger partial charge in [-0.05, 0) is 32.6 Å². The number of rotatable bonds is 18. The normalized spacial score (nSPS) is 19.1. The lowest BCUT2D eigenvalue weighted by Crippen LogP contribution is -2.54. The average Bonchev–Trinajstić information content (AvgIpc) is 3.11. The third kappa shape index (κ3) is 11.6. The molecule has 0 bridgehead atoms. The average molecular weight is 407 g/mol. The summed E-state index contributed by atoms with van der Waals surface area (Å²) >= 11 is 0. The molecule has 1 heterocycles. The second-order valence-corrected chi connectivity index (χ2v) is 8.64. The summed E-state index contributed by atoms with van der Waals surface area (Å²) in [4.78, 5) is 16.0. The van der Waals surface area contributed by atoms with Crippen LogP contribution in [0.4, 0.5) is 0 Å². The Labute approximate surface area is 180 Å². The molecule has 0 saturated heterocycles. The van der Waals surface area contributed by atoms with Crippen molar-refractivity contribution >= 4 is 11.7 Å². The second kappa shape index (κ2) is 16.6. The van der Waals surface area contributed by atoms with Crippen molar-refractivity contribution in [2.45, 2.75) is 104 Å². The van der Waals surface area contributed by atoms with E-state index in [0.29, 0.717) is 0 Å². The van der Waals surface area contributed by atoms with Crippen molar-refractivity contribution in [1.29, 1.82) is 0 Å². The number of allylic oxidation sites excluding steroid dienone is 2. The molecule has 0 radical (unpaired) electrons. The zero-order chi connectivity index (χ0) is 21.2. The first-order chi connectivity index (χ1) is 14.1. The Morgan fingerprint density at radius 3 is 2.17 bits per heavy atom. The summed E-state index contributed by atoms with van der Waals surface area (Å²) in [5, 5.41) is 2.96. The minimum Gasteiger partial charge on any atom is -0.351 e. The van der Waals surface area contributed by atoms with E-state index in [1.165, 1.54) is 82.9 Å². The van der Waals surface area contributed by atoms with Crippen LogP contribution in [-0.4, -0.2) is 48.9 Å². The van der Waals surface area contributed by atoms with Gasteiger partial charge in [-0.25, -0.2) is 4.99 Å². The number of carbonyl (C=O) groups excluding carboxylic acids is 1. The first-order valence-electron chi connectivity index (χ1n) is 12.4. The van der Waals surface area contributed by atoms with Crippen molar-refractivity contribution in [3.8, 4) is 0 Å². The van der Waals surface area contributed by atoms with Gasteiger partial charge in [0.2, 0.25) is 5.91 Å². The predicted octanol–water partition coefficient (Wildman–Crippen LogP) is 6.02. The lowest BCUT2D eigenvalue weighted by atomic mass is 10.0. The molecule has 4 nitrogen and oxygen atoms in total.